The van der Waals surface area contributed by atoms with Crippen LogP contribution in [0.2, 0.25) is 0 Å². The molecular weight excluding hydrogens is 392 g/mol. The fourth-order valence-corrected chi connectivity index (χ4v) is 3.37. The number of carbonyl (C=O) groups is 1. The summed E-state index contributed by atoms with van der Waals surface area (Å²) in [7, 11) is -4.65. The maximum atomic E-state index is 11.2. The molecule has 2 rings (SSSR count). The fraction of sp³-hybridized carbons (Fsp3) is 0.929. The molecule has 0 aliphatic carbocycles. The van der Waals surface area contributed by atoms with Gasteiger partial charge >= 0.3 is 16.4 Å². The van der Waals surface area contributed by atoms with Crippen molar-refractivity contribution in [2.75, 3.05) is 6.61 Å². The van der Waals surface area contributed by atoms with E-state index in [2.05, 4.69) is 4.18 Å². The third-order valence-corrected chi connectivity index (χ3v) is 5.19. The van der Waals surface area contributed by atoms with Gasteiger partial charge in [0.15, 0.2) is 12.4 Å². The van der Waals surface area contributed by atoms with Crippen LogP contribution in [0.15, 0.2) is 0 Å². The molecular formula is C14H24O12S. The monoisotopic (exact) mass is 416 g/mol. The van der Waals surface area contributed by atoms with Crippen LogP contribution in [0.1, 0.15) is 20.3 Å². The fourth-order valence-electron chi connectivity index (χ4n) is 3.04. The predicted molar refractivity (Wildman–Crippen MR) is 84.8 cm³/mol. The highest BCUT2D eigenvalue weighted by molar-refractivity contribution is 7.80. The van der Waals surface area contributed by atoms with Crippen LogP contribution >= 0.6 is 0 Å². The first-order valence-electron chi connectivity index (χ1n) is 8.26. The lowest BCUT2D eigenvalue weighted by atomic mass is 9.90. The quantitative estimate of drug-likeness (QED) is 0.297. The van der Waals surface area contributed by atoms with Crippen molar-refractivity contribution in [1.29, 1.82) is 0 Å². The highest BCUT2D eigenvalue weighted by Crippen LogP contribution is 2.31. The van der Waals surface area contributed by atoms with Gasteiger partial charge in [0.1, 0.15) is 18.3 Å². The molecule has 13 heteroatoms. The summed E-state index contributed by atoms with van der Waals surface area (Å²) in [5.74, 6) is -1.80. The third-order valence-electron chi connectivity index (χ3n) is 4.75. The van der Waals surface area contributed by atoms with Gasteiger partial charge in [0.25, 0.3) is 0 Å². The predicted octanol–water partition coefficient (Wildman–Crippen LogP) is -2.10. The minimum absolute atomic E-state index is 0.0873. The van der Waals surface area contributed by atoms with Crippen LogP contribution in [0.4, 0.5) is 0 Å². The van der Waals surface area contributed by atoms with Gasteiger partial charge in [0.05, 0.1) is 24.9 Å². The normalized spacial score (nSPS) is 43.4. The Morgan fingerprint density at radius 2 is 1.74 bits per heavy atom. The molecule has 2 heterocycles. The number of carboxylic acids is 1. The number of aliphatic carboxylic acids is 1. The summed E-state index contributed by atoms with van der Waals surface area (Å²) in [6.45, 7) is 2.98. The van der Waals surface area contributed by atoms with Gasteiger partial charge in [-0.3, -0.25) is 4.55 Å². The van der Waals surface area contributed by atoms with Crippen LogP contribution in [0, 0.1) is 5.92 Å². The van der Waals surface area contributed by atoms with E-state index in [1.165, 1.54) is 0 Å². The van der Waals surface area contributed by atoms with Crippen molar-refractivity contribution in [3.05, 3.63) is 0 Å². The lowest BCUT2D eigenvalue weighted by Crippen LogP contribution is -2.61. The average Bonchev–Trinajstić information content (AvgIpc) is 2.56. The Hall–Kier alpha value is -0.900. The molecule has 0 spiro atoms. The Morgan fingerprint density at radius 3 is 2.30 bits per heavy atom. The smallest absolute Gasteiger partial charge is 0.397 e. The molecule has 0 amide bonds. The van der Waals surface area contributed by atoms with E-state index in [4.69, 9.17) is 23.9 Å². The van der Waals surface area contributed by atoms with Crippen molar-refractivity contribution in [2.45, 2.75) is 69.3 Å². The Bertz CT molecular complexity index is 624. The molecule has 0 saturated carbocycles. The summed E-state index contributed by atoms with van der Waals surface area (Å²) in [4.78, 5) is 11.2. The van der Waals surface area contributed by atoms with Gasteiger partial charge in [-0.2, -0.15) is 8.42 Å². The second kappa shape index (κ2) is 8.63. The standard InChI is InChI=1S/C14H24O12S/c1-5-6(2)24-7(4-23-27(20,21)22)3-8(5)25-14-11(17)9(15)10(16)12(26-14)13(18)19/h5-12,14-17H,3-4H2,1-2H3,(H,18,19)(H,20,21,22)/t5-,6-,7?,8?,9?,10+,11+,12?,14-/m1/s1. The molecule has 27 heavy (non-hydrogen) atoms. The average molecular weight is 416 g/mol. The van der Waals surface area contributed by atoms with Gasteiger partial charge in [-0.15, -0.1) is 0 Å². The first-order valence-corrected chi connectivity index (χ1v) is 9.62. The van der Waals surface area contributed by atoms with Crippen molar-refractivity contribution >= 4 is 16.4 Å². The lowest BCUT2D eigenvalue weighted by molar-refractivity contribution is -0.317. The zero-order valence-corrected chi connectivity index (χ0v) is 15.4. The van der Waals surface area contributed by atoms with Crippen LogP contribution in [0.3, 0.4) is 0 Å². The highest BCUT2D eigenvalue weighted by Gasteiger charge is 2.49. The van der Waals surface area contributed by atoms with Crippen molar-refractivity contribution < 1.29 is 56.6 Å². The second-order valence-electron chi connectivity index (χ2n) is 6.68. The van der Waals surface area contributed by atoms with Gasteiger partial charge in [-0.05, 0) is 6.92 Å². The van der Waals surface area contributed by atoms with Crippen molar-refractivity contribution in [1.82, 2.24) is 0 Å². The van der Waals surface area contributed by atoms with Crippen molar-refractivity contribution in [2.24, 2.45) is 5.92 Å². The van der Waals surface area contributed by atoms with Gasteiger partial charge in [0, 0.05) is 12.3 Å². The van der Waals surface area contributed by atoms with Crippen molar-refractivity contribution in [3.8, 4) is 0 Å². The Labute approximate surface area is 155 Å². The zero-order valence-electron chi connectivity index (χ0n) is 14.6. The van der Waals surface area contributed by atoms with Gasteiger partial charge in [-0.25, -0.2) is 8.98 Å². The highest BCUT2D eigenvalue weighted by atomic mass is 32.3. The minimum atomic E-state index is -4.65. The second-order valence-corrected chi connectivity index (χ2v) is 7.77. The lowest BCUT2D eigenvalue weighted by Gasteiger charge is -2.44. The number of ether oxygens (including phenoxy) is 3. The number of aliphatic hydroxyl groups is 3. The Morgan fingerprint density at radius 1 is 1.11 bits per heavy atom. The number of aliphatic hydroxyl groups excluding tert-OH is 3. The summed E-state index contributed by atoms with van der Waals surface area (Å²) in [6.07, 6.45) is -10.4. The molecule has 2 saturated heterocycles. The SMILES string of the molecule is C[C@H]1OC(COS(=O)(=O)O)CC(O[C@@H]2OC(C(=O)O)[C@@H](O)C(O)[C@@H]2O)[C@@H]1C. The third kappa shape index (κ3) is 5.56. The van der Waals surface area contributed by atoms with Gasteiger partial charge in [-0.1, -0.05) is 6.92 Å². The van der Waals surface area contributed by atoms with E-state index in [0.29, 0.717) is 0 Å². The maximum absolute atomic E-state index is 11.2. The van der Waals surface area contributed by atoms with Crippen LogP contribution in [0.25, 0.3) is 0 Å². The molecule has 5 N–H and O–H groups in total. The molecule has 4 unspecified atom stereocenters. The van der Waals surface area contributed by atoms with E-state index in [9.17, 15) is 28.5 Å². The number of rotatable bonds is 6. The van der Waals surface area contributed by atoms with E-state index >= 15 is 0 Å². The van der Waals surface area contributed by atoms with E-state index in [0.717, 1.165) is 0 Å². The topological polar surface area (TPSA) is 189 Å². The molecule has 0 aromatic rings. The molecule has 0 aromatic heterocycles. The van der Waals surface area contributed by atoms with Crippen LogP contribution in [0.5, 0.6) is 0 Å². The van der Waals surface area contributed by atoms with Crippen molar-refractivity contribution in [3.63, 3.8) is 0 Å². The van der Waals surface area contributed by atoms with Crippen LogP contribution in [-0.4, -0.2) is 95.0 Å². The number of carboxylic acid groups (broad SMARTS) is 1. The maximum Gasteiger partial charge on any atom is 0.397 e. The molecule has 2 fully saturated rings. The van der Waals surface area contributed by atoms with Crippen LogP contribution < -0.4 is 0 Å². The molecule has 0 bridgehead atoms. The summed E-state index contributed by atoms with van der Waals surface area (Å²) >= 11 is 0. The molecule has 9 atom stereocenters. The van der Waals surface area contributed by atoms with E-state index in [1.54, 1.807) is 13.8 Å². The Balaban J connectivity index is 2.07. The van der Waals surface area contributed by atoms with Gasteiger partial charge in [0.2, 0.25) is 0 Å². The first kappa shape index (κ1) is 22.4. The minimum Gasteiger partial charge on any atom is -0.479 e. The van der Waals surface area contributed by atoms with Crippen LogP contribution in [-0.2, 0) is 33.6 Å². The summed E-state index contributed by atoms with van der Waals surface area (Å²) < 4.78 is 50.7. The molecule has 2 aliphatic rings. The molecule has 0 aromatic carbocycles. The zero-order chi connectivity index (χ0) is 20.5. The summed E-state index contributed by atoms with van der Waals surface area (Å²) in [5.41, 5.74) is 0. The Kier molecular flexibility index (Phi) is 7.16. The number of hydrogen-bond acceptors (Lipinski definition) is 10. The molecule has 12 nitrogen and oxygen atoms in total. The first-order chi connectivity index (χ1) is 12.4. The van der Waals surface area contributed by atoms with Gasteiger partial charge < -0.3 is 34.6 Å². The molecule has 2 aliphatic heterocycles. The van der Waals surface area contributed by atoms with E-state index in [-0.39, 0.29) is 12.3 Å². The number of hydrogen-bond donors (Lipinski definition) is 5. The van der Waals surface area contributed by atoms with E-state index < -0.39 is 72.0 Å². The molecule has 158 valence electrons. The van der Waals surface area contributed by atoms with E-state index in [1.807, 2.05) is 0 Å². The summed E-state index contributed by atoms with van der Waals surface area (Å²) in [6, 6.07) is 0. The largest absolute Gasteiger partial charge is 0.479 e. The summed E-state index contributed by atoms with van der Waals surface area (Å²) in [5, 5.41) is 38.7. The molecule has 0 radical (unpaired) electrons.